The highest BCUT2D eigenvalue weighted by molar-refractivity contribution is 5.08. The van der Waals surface area contributed by atoms with Gasteiger partial charge in [0.25, 0.3) is 0 Å². The van der Waals surface area contributed by atoms with E-state index in [4.69, 9.17) is 5.11 Å². The monoisotopic (exact) mass is 168 g/mol. The van der Waals surface area contributed by atoms with Gasteiger partial charge >= 0.3 is 0 Å². The minimum atomic E-state index is 0.0392. The van der Waals surface area contributed by atoms with Crippen LogP contribution in [0.2, 0.25) is 0 Å². The zero-order valence-corrected chi connectivity index (χ0v) is 8.59. The summed E-state index contributed by atoms with van der Waals surface area (Å²) in [5.74, 6) is 0. The molecule has 0 saturated heterocycles. The number of aliphatic hydroxyl groups is 1. The Bertz CT molecular complexity index is 175. The Morgan fingerprint density at radius 2 is 1.67 bits per heavy atom. The summed E-state index contributed by atoms with van der Waals surface area (Å²) in [5, 5.41) is 8.66. The third-order valence-corrected chi connectivity index (χ3v) is 2.81. The van der Waals surface area contributed by atoms with Gasteiger partial charge in [-0.05, 0) is 10.8 Å². The molecule has 0 bridgehead atoms. The van der Waals surface area contributed by atoms with Crippen molar-refractivity contribution in [1.29, 1.82) is 0 Å². The minimum absolute atomic E-state index is 0.0392. The van der Waals surface area contributed by atoms with Gasteiger partial charge in [0.05, 0.1) is 6.61 Å². The molecule has 0 aromatic heterocycles. The van der Waals surface area contributed by atoms with Gasteiger partial charge in [-0.1, -0.05) is 45.9 Å². The summed E-state index contributed by atoms with van der Waals surface area (Å²) < 4.78 is 0. The van der Waals surface area contributed by atoms with Crippen LogP contribution < -0.4 is 0 Å². The van der Waals surface area contributed by atoms with Crippen molar-refractivity contribution in [3.8, 4) is 0 Å². The third-order valence-electron chi connectivity index (χ3n) is 2.81. The Labute approximate surface area is 75.8 Å². The van der Waals surface area contributed by atoms with Crippen molar-refractivity contribution in [3.63, 3.8) is 0 Å². The highest BCUT2D eigenvalue weighted by atomic mass is 16.2. The number of allylic oxidation sites excluding steroid dienone is 2. The average molecular weight is 168 g/mol. The molecule has 1 N–H and O–H groups in total. The molecule has 0 aliphatic rings. The molecule has 1 nitrogen and oxygen atoms in total. The van der Waals surface area contributed by atoms with Gasteiger partial charge < -0.3 is 5.11 Å². The number of aliphatic hydroxyl groups excluding tert-OH is 1. The van der Waals surface area contributed by atoms with Crippen molar-refractivity contribution < 1.29 is 5.11 Å². The van der Waals surface area contributed by atoms with Gasteiger partial charge in [-0.25, -0.2) is 0 Å². The molecule has 0 aromatic carbocycles. The molecular weight excluding hydrogens is 148 g/mol. The first-order valence-corrected chi connectivity index (χ1v) is 4.29. The summed E-state index contributed by atoms with van der Waals surface area (Å²) in [5.41, 5.74) is 0.0934. The second-order valence-corrected chi connectivity index (χ2v) is 4.23. The van der Waals surface area contributed by atoms with Gasteiger partial charge in [-0.3, -0.25) is 0 Å². The van der Waals surface area contributed by atoms with Crippen molar-refractivity contribution in [3.05, 3.63) is 24.8 Å². The molecule has 0 aliphatic heterocycles. The lowest BCUT2D eigenvalue weighted by atomic mass is 9.68. The van der Waals surface area contributed by atoms with Gasteiger partial charge in [0.1, 0.15) is 0 Å². The summed E-state index contributed by atoms with van der Waals surface area (Å²) >= 11 is 0. The number of hydrogen-bond acceptors (Lipinski definition) is 1. The molecule has 0 aliphatic carbocycles. The summed E-state index contributed by atoms with van der Waals surface area (Å²) in [4.78, 5) is 0. The zero-order valence-electron chi connectivity index (χ0n) is 8.59. The first kappa shape index (κ1) is 11.4. The van der Waals surface area contributed by atoms with E-state index >= 15 is 0 Å². The highest BCUT2D eigenvalue weighted by Crippen LogP contribution is 2.40. The molecule has 12 heavy (non-hydrogen) atoms. The lowest BCUT2D eigenvalue weighted by Gasteiger charge is -2.37. The number of rotatable bonds is 4. The molecule has 0 rings (SSSR count). The van der Waals surface area contributed by atoms with Crippen LogP contribution in [0.5, 0.6) is 0 Å². The topological polar surface area (TPSA) is 20.2 Å². The summed E-state index contributed by atoms with van der Waals surface area (Å²) in [6.45, 7) is 12.5. The molecule has 0 heterocycles. The van der Waals surface area contributed by atoms with Crippen molar-refractivity contribution in [2.75, 3.05) is 6.61 Å². The molecule has 0 spiro atoms. The normalized spacial score (nSPS) is 13.8. The van der Waals surface area contributed by atoms with Gasteiger partial charge in [0.2, 0.25) is 0 Å². The minimum Gasteiger partial charge on any atom is -0.392 e. The first-order valence-electron chi connectivity index (χ1n) is 4.29. The van der Waals surface area contributed by atoms with Crippen LogP contribution in [0, 0.1) is 10.8 Å². The second-order valence-electron chi connectivity index (χ2n) is 4.23. The molecule has 0 saturated carbocycles. The van der Waals surface area contributed by atoms with Crippen LogP contribution in [0.25, 0.3) is 0 Å². The van der Waals surface area contributed by atoms with Gasteiger partial charge in [0, 0.05) is 0 Å². The fourth-order valence-electron chi connectivity index (χ4n) is 0.825. The zero-order chi connectivity index (χ0) is 9.83. The maximum Gasteiger partial charge on any atom is 0.0612 e. The lowest BCUT2D eigenvalue weighted by molar-refractivity contribution is 0.231. The molecule has 0 radical (unpaired) electrons. The van der Waals surface area contributed by atoms with E-state index in [-0.39, 0.29) is 17.4 Å². The van der Waals surface area contributed by atoms with E-state index in [0.717, 1.165) is 0 Å². The summed E-state index contributed by atoms with van der Waals surface area (Å²) in [6, 6.07) is 0. The maximum atomic E-state index is 8.66. The van der Waals surface area contributed by atoms with Crippen molar-refractivity contribution in [2.24, 2.45) is 10.8 Å². The summed E-state index contributed by atoms with van der Waals surface area (Å²) in [6.07, 6.45) is 5.77. The van der Waals surface area contributed by atoms with Crippen LogP contribution in [0.1, 0.15) is 27.7 Å². The number of hydrogen-bond donors (Lipinski definition) is 1. The van der Waals surface area contributed by atoms with Crippen LogP contribution in [-0.2, 0) is 0 Å². The predicted octanol–water partition coefficient (Wildman–Crippen LogP) is 2.77. The molecule has 70 valence electrons. The molecule has 0 amide bonds. The predicted molar refractivity (Wildman–Crippen MR) is 54.0 cm³/mol. The van der Waals surface area contributed by atoms with Crippen molar-refractivity contribution >= 4 is 0 Å². The smallest absolute Gasteiger partial charge is 0.0612 e. The maximum absolute atomic E-state index is 8.66. The van der Waals surface area contributed by atoms with Gasteiger partial charge in [0.15, 0.2) is 0 Å². The highest BCUT2D eigenvalue weighted by Gasteiger charge is 2.31. The van der Waals surface area contributed by atoms with E-state index in [1.807, 2.05) is 12.2 Å². The van der Waals surface area contributed by atoms with E-state index in [9.17, 15) is 0 Å². The standard InChI is InChI=1S/C11H20O/c1-6-10(2,3)11(4,5)8-7-9-12/h6-8,12H,1,9H2,2-5H3/b8-7+. The Morgan fingerprint density at radius 1 is 1.17 bits per heavy atom. The Morgan fingerprint density at radius 3 is 2.00 bits per heavy atom. The van der Waals surface area contributed by atoms with E-state index in [0.29, 0.717) is 0 Å². The average Bonchev–Trinajstić information content (AvgIpc) is 2.00. The van der Waals surface area contributed by atoms with Crippen LogP contribution >= 0.6 is 0 Å². The molecule has 1 heteroatoms. The van der Waals surface area contributed by atoms with E-state index in [2.05, 4.69) is 34.3 Å². The Balaban J connectivity index is 4.59. The second kappa shape index (κ2) is 3.90. The van der Waals surface area contributed by atoms with Crippen LogP contribution in [0.15, 0.2) is 24.8 Å². The third kappa shape index (κ3) is 2.49. The van der Waals surface area contributed by atoms with Crippen molar-refractivity contribution in [1.82, 2.24) is 0 Å². The molecule has 0 aromatic rings. The fraction of sp³-hybridized carbons (Fsp3) is 0.636. The van der Waals surface area contributed by atoms with Crippen LogP contribution in [0.3, 0.4) is 0 Å². The van der Waals surface area contributed by atoms with Gasteiger partial charge in [-0.2, -0.15) is 0 Å². The molecular formula is C11H20O. The fourth-order valence-corrected chi connectivity index (χ4v) is 0.825. The van der Waals surface area contributed by atoms with Crippen molar-refractivity contribution in [2.45, 2.75) is 27.7 Å². The van der Waals surface area contributed by atoms with E-state index < -0.39 is 0 Å². The Kier molecular flexibility index (Phi) is 3.72. The largest absolute Gasteiger partial charge is 0.392 e. The van der Waals surface area contributed by atoms with E-state index in [1.54, 1.807) is 6.08 Å². The summed E-state index contributed by atoms with van der Waals surface area (Å²) in [7, 11) is 0. The van der Waals surface area contributed by atoms with E-state index in [1.165, 1.54) is 0 Å². The first-order chi connectivity index (χ1) is 5.37. The van der Waals surface area contributed by atoms with Gasteiger partial charge in [-0.15, -0.1) is 6.58 Å². The molecule has 0 atom stereocenters. The molecule has 0 fully saturated rings. The molecule has 0 unspecified atom stereocenters. The lowest BCUT2D eigenvalue weighted by Crippen LogP contribution is -2.28. The quantitative estimate of drug-likeness (QED) is 0.640. The Hall–Kier alpha value is -0.560. The van der Waals surface area contributed by atoms with Crippen LogP contribution in [-0.4, -0.2) is 11.7 Å². The van der Waals surface area contributed by atoms with Crippen LogP contribution in [0.4, 0.5) is 0 Å². The SMILES string of the molecule is C=CC(C)(C)C(C)(C)/C=C/CO.